The summed E-state index contributed by atoms with van der Waals surface area (Å²) in [7, 11) is 1.74. The molecule has 0 saturated carbocycles. The molecule has 6 heteroatoms. The fraction of sp³-hybridized carbons (Fsp3) is 0.160. The summed E-state index contributed by atoms with van der Waals surface area (Å²) >= 11 is 1.66. The molecule has 4 aromatic rings. The van der Waals surface area contributed by atoms with Crippen LogP contribution in [0.3, 0.4) is 0 Å². The van der Waals surface area contributed by atoms with Crippen LogP contribution < -0.4 is 5.32 Å². The lowest BCUT2D eigenvalue weighted by Gasteiger charge is -2.15. The molecular formula is C25H23N3O2S. The first-order valence-electron chi connectivity index (χ1n) is 10.1. The van der Waals surface area contributed by atoms with Crippen molar-refractivity contribution in [2.24, 2.45) is 0 Å². The number of aryl methyl sites for hydroxylation is 1. The minimum absolute atomic E-state index is 0.104. The van der Waals surface area contributed by atoms with Gasteiger partial charge in [0.2, 0.25) is 0 Å². The van der Waals surface area contributed by atoms with Gasteiger partial charge in [0.05, 0.1) is 10.2 Å². The Morgan fingerprint density at radius 1 is 1.00 bits per heavy atom. The monoisotopic (exact) mass is 429 g/mol. The van der Waals surface area contributed by atoms with Crippen molar-refractivity contribution in [2.45, 2.75) is 13.8 Å². The number of hydrogen-bond donors (Lipinski definition) is 1. The van der Waals surface area contributed by atoms with Crippen molar-refractivity contribution in [3.8, 4) is 10.6 Å². The molecule has 0 unspecified atom stereocenters. The van der Waals surface area contributed by atoms with Gasteiger partial charge in [0.15, 0.2) is 0 Å². The Hall–Kier alpha value is -3.51. The standard InChI is InChI=1S/C25H23N3O2S/c1-4-28(3)25(30)19-7-5-6-18(15-19)23(29)26-20-11-9-17(10-12-20)24-27-21-13-8-16(2)14-22(21)31-24/h5-15H,4H2,1-3H3,(H,26,29). The molecule has 1 aromatic heterocycles. The summed E-state index contributed by atoms with van der Waals surface area (Å²) in [6.45, 7) is 4.59. The number of hydrogen-bond acceptors (Lipinski definition) is 4. The summed E-state index contributed by atoms with van der Waals surface area (Å²) in [4.78, 5) is 31.4. The Morgan fingerprint density at radius 2 is 1.74 bits per heavy atom. The number of nitrogens with zero attached hydrogens (tertiary/aromatic N) is 2. The van der Waals surface area contributed by atoms with Crippen molar-refractivity contribution in [3.05, 3.63) is 83.4 Å². The Balaban J connectivity index is 1.50. The van der Waals surface area contributed by atoms with Crippen LogP contribution in [-0.4, -0.2) is 35.3 Å². The molecule has 156 valence electrons. The minimum Gasteiger partial charge on any atom is -0.342 e. The van der Waals surface area contributed by atoms with E-state index in [2.05, 4.69) is 24.4 Å². The summed E-state index contributed by atoms with van der Waals surface area (Å²) in [5, 5.41) is 3.85. The molecule has 0 atom stereocenters. The van der Waals surface area contributed by atoms with Gasteiger partial charge in [-0.15, -0.1) is 11.3 Å². The maximum atomic E-state index is 12.7. The Bertz CT molecular complexity index is 1260. The second-order valence-electron chi connectivity index (χ2n) is 7.42. The Morgan fingerprint density at radius 3 is 2.48 bits per heavy atom. The zero-order valence-corrected chi connectivity index (χ0v) is 18.5. The number of thiazole rings is 1. The number of rotatable bonds is 5. The average molecular weight is 430 g/mol. The van der Waals surface area contributed by atoms with Gasteiger partial charge in [0, 0.05) is 36.0 Å². The molecular weight excluding hydrogens is 406 g/mol. The number of nitrogens with one attached hydrogen (secondary N) is 1. The number of amides is 2. The maximum Gasteiger partial charge on any atom is 0.255 e. The van der Waals surface area contributed by atoms with Crippen molar-refractivity contribution in [1.82, 2.24) is 9.88 Å². The lowest BCUT2D eigenvalue weighted by molar-refractivity contribution is 0.0802. The molecule has 0 radical (unpaired) electrons. The molecule has 1 N–H and O–H groups in total. The molecule has 4 rings (SSSR count). The highest BCUT2D eigenvalue weighted by Gasteiger charge is 2.13. The second kappa shape index (κ2) is 8.70. The predicted octanol–water partition coefficient (Wildman–Crippen LogP) is 5.62. The molecule has 1 heterocycles. The van der Waals surface area contributed by atoms with E-state index < -0.39 is 0 Å². The third kappa shape index (κ3) is 4.49. The fourth-order valence-electron chi connectivity index (χ4n) is 3.21. The predicted molar refractivity (Wildman–Crippen MR) is 127 cm³/mol. The van der Waals surface area contributed by atoms with Crippen molar-refractivity contribution in [2.75, 3.05) is 18.9 Å². The fourth-order valence-corrected chi connectivity index (χ4v) is 4.28. The van der Waals surface area contributed by atoms with E-state index in [9.17, 15) is 9.59 Å². The number of carbonyl (C=O) groups excluding carboxylic acids is 2. The lowest BCUT2D eigenvalue weighted by Crippen LogP contribution is -2.26. The molecule has 2 amide bonds. The van der Waals surface area contributed by atoms with Gasteiger partial charge < -0.3 is 10.2 Å². The number of aromatic nitrogens is 1. The van der Waals surface area contributed by atoms with Gasteiger partial charge in [-0.3, -0.25) is 9.59 Å². The normalized spacial score (nSPS) is 10.8. The first-order chi connectivity index (χ1) is 14.9. The molecule has 0 fully saturated rings. The third-order valence-electron chi connectivity index (χ3n) is 5.13. The molecule has 0 aliphatic heterocycles. The van der Waals surface area contributed by atoms with Crippen LogP contribution >= 0.6 is 11.3 Å². The van der Waals surface area contributed by atoms with E-state index in [1.807, 2.05) is 37.3 Å². The molecule has 5 nitrogen and oxygen atoms in total. The number of carbonyl (C=O) groups is 2. The first-order valence-corrected chi connectivity index (χ1v) is 10.9. The van der Waals surface area contributed by atoms with Crippen LogP contribution in [0.4, 0.5) is 5.69 Å². The summed E-state index contributed by atoms with van der Waals surface area (Å²) in [5.74, 6) is -0.357. The van der Waals surface area contributed by atoms with Crippen LogP contribution in [0.1, 0.15) is 33.2 Å². The van der Waals surface area contributed by atoms with Gasteiger partial charge in [0.1, 0.15) is 5.01 Å². The maximum absolute atomic E-state index is 12.7. The quantitative estimate of drug-likeness (QED) is 0.448. The molecule has 0 saturated heterocycles. The summed E-state index contributed by atoms with van der Waals surface area (Å²) < 4.78 is 1.16. The smallest absolute Gasteiger partial charge is 0.255 e. The molecule has 0 aliphatic rings. The van der Waals surface area contributed by atoms with Crippen molar-refractivity contribution < 1.29 is 9.59 Å². The van der Waals surface area contributed by atoms with Gasteiger partial charge in [0.25, 0.3) is 11.8 Å². The van der Waals surface area contributed by atoms with E-state index in [1.165, 1.54) is 5.56 Å². The molecule has 0 spiro atoms. The van der Waals surface area contributed by atoms with E-state index in [0.29, 0.717) is 23.4 Å². The van der Waals surface area contributed by atoms with Crippen LogP contribution in [0.25, 0.3) is 20.8 Å². The third-order valence-corrected chi connectivity index (χ3v) is 6.19. The van der Waals surface area contributed by atoms with E-state index in [1.54, 1.807) is 47.5 Å². The highest BCUT2D eigenvalue weighted by atomic mass is 32.1. The van der Waals surface area contributed by atoms with Crippen molar-refractivity contribution in [3.63, 3.8) is 0 Å². The Kier molecular flexibility index (Phi) is 5.82. The van der Waals surface area contributed by atoms with Crippen LogP contribution in [-0.2, 0) is 0 Å². The highest BCUT2D eigenvalue weighted by molar-refractivity contribution is 7.21. The zero-order valence-electron chi connectivity index (χ0n) is 17.7. The van der Waals surface area contributed by atoms with Crippen molar-refractivity contribution >= 4 is 39.1 Å². The van der Waals surface area contributed by atoms with Gasteiger partial charge >= 0.3 is 0 Å². The SMILES string of the molecule is CCN(C)C(=O)c1cccc(C(=O)Nc2ccc(-c3nc4ccc(C)cc4s3)cc2)c1. The van der Waals surface area contributed by atoms with E-state index in [-0.39, 0.29) is 11.8 Å². The second-order valence-corrected chi connectivity index (χ2v) is 8.45. The van der Waals surface area contributed by atoms with Crippen LogP contribution in [0.2, 0.25) is 0 Å². The van der Waals surface area contributed by atoms with Gasteiger partial charge in [-0.1, -0.05) is 12.1 Å². The average Bonchev–Trinajstić information content (AvgIpc) is 3.21. The lowest BCUT2D eigenvalue weighted by atomic mass is 10.1. The molecule has 31 heavy (non-hydrogen) atoms. The van der Waals surface area contributed by atoms with Crippen LogP contribution in [0, 0.1) is 6.92 Å². The highest BCUT2D eigenvalue weighted by Crippen LogP contribution is 2.31. The number of fused-ring (bicyclic) bond motifs is 1. The molecule has 0 aliphatic carbocycles. The van der Waals surface area contributed by atoms with Gasteiger partial charge in [-0.05, 0) is 74.0 Å². The van der Waals surface area contributed by atoms with E-state index >= 15 is 0 Å². The zero-order chi connectivity index (χ0) is 22.0. The van der Waals surface area contributed by atoms with Gasteiger partial charge in [-0.2, -0.15) is 0 Å². The number of anilines is 1. The summed E-state index contributed by atoms with van der Waals surface area (Å²) in [5.41, 5.74) is 4.85. The summed E-state index contributed by atoms with van der Waals surface area (Å²) in [6.07, 6.45) is 0. The first kappa shape index (κ1) is 20.8. The van der Waals surface area contributed by atoms with Gasteiger partial charge in [-0.25, -0.2) is 4.98 Å². The minimum atomic E-state index is -0.253. The Labute approximate surface area is 185 Å². The van der Waals surface area contributed by atoms with E-state index in [0.717, 1.165) is 20.8 Å². The van der Waals surface area contributed by atoms with Crippen LogP contribution in [0.15, 0.2) is 66.7 Å². The van der Waals surface area contributed by atoms with E-state index in [4.69, 9.17) is 4.98 Å². The molecule has 3 aromatic carbocycles. The summed E-state index contributed by atoms with van der Waals surface area (Å²) in [6, 6.07) is 20.7. The topological polar surface area (TPSA) is 62.3 Å². The van der Waals surface area contributed by atoms with Crippen LogP contribution in [0.5, 0.6) is 0 Å². The largest absolute Gasteiger partial charge is 0.342 e. The molecule has 0 bridgehead atoms. The van der Waals surface area contributed by atoms with Crippen molar-refractivity contribution in [1.29, 1.82) is 0 Å². The number of benzene rings is 3.